The lowest BCUT2D eigenvalue weighted by atomic mass is 9.91. The molecule has 1 aliphatic rings. The van der Waals surface area contributed by atoms with Crippen LogP contribution in [0.5, 0.6) is 11.5 Å². The number of nitriles is 1. The molecule has 194 valence electrons. The first-order valence-electron chi connectivity index (χ1n) is 12.3. The molecule has 38 heavy (non-hydrogen) atoms. The van der Waals surface area contributed by atoms with Gasteiger partial charge < -0.3 is 28.8 Å². The van der Waals surface area contributed by atoms with E-state index in [0.717, 1.165) is 17.5 Å². The van der Waals surface area contributed by atoms with Crippen LogP contribution in [0.25, 0.3) is 22.6 Å². The van der Waals surface area contributed by atoms with E-state index in [1.807, 2.05) is 6.07 Å². The standard InChI is InChI=1S/C29H26N2O7/c30-16-19-5-7-21(8-6-19)27-31-25-14-24(9-10-26(25)38-27)36-18-22(32)17-35-23-4-1-3-20(13-23)15-29(28(33)34)11-2-12-37-29/h1,3-10,13-14,22,32H,2,11-12,15,17-18H2,(H,33,34)/t22-,29?/m1/s1. The van der Waals surface area contributed by atoms with Crippen molar-refractivity contribution in [2.24, 2.45) is 0 Å². The van der Waals surface area contributed by atoms with E-state index in [1.54, 1.807) is 60.7 Å². The van der Waals surface area contributed by atoms with Crippen molar-refractivity contribution in [1.82, 2.24) is 4.98 Å². The van der Waals surface area contributed by atoms with E-state index >= 15 is 0 Å². The van der Waals surface area contributed by atoms with Crippen LogP contribution in [0.1, 0.15) is 24.0 Å². The van der Waals surface area contributed by atoms with Gasteiger partial charge in [0, 0.05) is 24.7 Å². The molecule has 0 spiro atoms. The highest BCUT2D eigenvalue weighted by Gasteiger charge is 2.42. The van der Waals surface area contributed by atoms with Crippen molar-refractivity contribution in [3.05, 3.63) is 77.9 Å². The second-order valence-electron chi connectivity index (χ2n) is 9.19. The van der Waals surface area contributed by atoms with Gasteiger partial charge in [0.25, 0.3) is 0 Å². The Morgan fingerprint density at radius 1 is 1.08 bits per heavy atom. The Labute approximate surface area is 218 Å². The highest BCUT2D eigenvalue weighted by molar-refractivity contribution is 5.78. The van der Waals surface area contributed by atoms with Crippen LogP contribution >= 0.6 is 0 Å². The molecule has 2 atom stereocenters. The van der Waals surface area contributed by atoms with E-state index in [4.69, 9.17) is 23.9 Å². The van der Waals surface area contributed by atoms with Crippen molar-refractivity contribution in [1.29, 1.82) is 5.26 Å². The number of carboxylic acid groups (broad SMARTS) is 1. The van der Waals surface area contributed by atoms with Gasteiger partial charge in [-0.05, 0) is 66.9 Å². The van der Waals surface area contributed by atoms with Crippen molar-refractivity contribution in [2.75, 3.05) is 19.8 Å². The summed E-state index contributed by atoms with van der Waals surface area (Å²) in [7, 11) is 0. The van der Waals surface area contributed by atoms with Gasteiger partial charge in [-0.2, -0.15) is 5.26 Å². The molecule has 0 bridgehead atoms. The number of hydrogen-bond acceptors (Lipinski definition) is 8. The molecule has 3 aromatic carbocycles. The smallest absolute Gasteiger partial charge is 0.336 e. The maximum atomic E-state index is 11.8. The van der Waals surface area contributed by atoms with Gasteiger partial charge in [0.2, 0.25) is 5.89 Å². The van der Waals surface area contributed by atoms with Crippen LogP contribution < -0.4 is 9.47 Å². The molecule has 1 saturated heterocycles. The van der Waals surface area contributed by atoms with Crippen LogP contribution in [-0.4, -0.2) is 52.7 Å². The number of fused-ring (bicyclic) bond motifs is 1. The van der Waals surface area contributed by atoms with Gasteiger partial charge in [0.05, 0.1) is 11.6 Å². The molecule has 0 saturated carbocycles. The summed E-state index contributed by atoms with van der Waals surface area (Å²) >= 11 is 0. The number of oxazole rings is 1. The predicted octanol–water partition coefficient (Wildman–Crippen LogP) is 4.36. The van der Waals surface area contributed by atoms with E-state index in [0.29, 0.717) is 47.1 Å². The molecular formula is C29H26N2O7. The molecular weight excluding hydrogens is 488 g/mol. The van der Waals surface area contributed by atoms with Crippen molar-refractivity contribution in [3.8, 4) is 29.0 Å². The maximum Gasteiger partial charge on any atom is 0.336 e. The molecule has 1 aromatic heterocycles. The van der Waals surface area contributed by atoms with Gasteiger partial charge >= 0.3 is 5.97 Å². The lowest BCUT2D eigenvalue weighted by molar-refractivity contribution is -0.159. The minimum atomic E-state index is -1.19. The first kappa shape index (κ1) is 25.3. The first-order valence-corrected chi connectivity index (χ1v) is 12.3. The average molecular weight is 515 g/mol. The number of aromatic nitrogens is 1. The summed E-state index contributed by atoms with van der Waals surface area (Å²) < 4.78 is 22.8. The van der Waals surface area contributed by atoms with Crippen LogP contribution in [-0.2, 0) is 16.0 Å². The largest absolute Gasteiger partial charge is 0.491 e. The Morgan fingerprint density at radius 2 is 1.84 bits per heavy atom. The minimum Gasteiger partial charge on any atom is -0.491 e. The Kier molecular flexibility index (Phi) is 7.26. The lowest BCUT2D eigenvalue weighted by Crippen LogP contribution is -2.40. The normalized spacial score (nSPS) is 17.7. The molecule has 2 N–H and O–H groups in total. The molecule has 0 aliphatic carbocycles. The zero-order valence-electron chi connectivity index (χ0n) is 20.5. The third-order valence-electron chi connectivity index (χ3n) is 6.39. The van der Waals surface area contributed by atoms with Gasteiger partial charge in [0.15, 0.2) is 11.2 Å². The number of aliphatic hydroxyl groups is 1. The number of aliphatic carboxylic acids is 1. The minimum absolute atomic E-state index is 0.000921. The van der Waals surface area contributed by atoms with Crippen LogP contribution in [0, 0.1) is 11.3 Å². The molecule has 1 unspecified atom stereocenters. The zero-order valence-corrected chi connectivity index (χ0v) is 20.5. The van der Waals surface area contributed by atoms with Gasteiger partial charge in [-0.15, -0.1) is 0 Å². The summed E-state index contributed by atoms with van der Waals surface area (Å²) in [6.45, 7) is 0.442. The fraction of sp³-hybridized carbons (Fsp3) is 0.276. The number of aliphatic hydroxyl groups excluding tert-OH is 1. The molecule has 0 radical (unpaired) electrons. The van der Waals surface area contributed by atoms with Crippen LogP contribution in [0.3, 0.4) is 0 Å². The number of carbonyl (C=O) groups is 1. The Bertz CT molecular complexity index is 1470. The van der Waals surface area contributed by atoms with Gasteiger partial charge in [-0.1, -0.05) is 12.1 Å². The van der Waals surface area contributed by atoms with Crippen LogP contribution in [0.4, 0.5) is 0 Å². The SMILES string of the molecule is N#Cc1ccc(-c2nc3cc(OC[C@H](O)COc4cccc(CC5(C(=O)O)CCCO5)c4)ccc3o2)cc1. The summed E-state index contributed by atoms with van der Waals surface area (Å²) in [5.74, 6) is 0.530. The molecule has 0 amide bonds. The fourth-order valence-corrected chi connectivity index (χ4v) is 4.40. The monoisotopic (exact) mass is 514 g/mol. The van der Waals surface area contributed by atoms with Crippen LogP contribution in [0.15, 0.2) is 71.1 Å². The number of benzene rings is 3. The van der Waals surface area contributed by atoms with E-state index < -0.39 is 17.7 Å². The Hall–Kier alpha value is -4.39. The maximum absolute atomic E-state index is 11.8. The van der Waals surface area contributed by atoms with Crippen LogP contribution in [0.2, 0.25) is 0 Å². The second kappa shape index (κ2) is 10.9. The summed E-state index contributed by atoms with van der Waals surface area (Å²) in [4.78, 5) is 16.3. The van der Waals surface area contributed by atoms with E-state index in [2.05, 4.69) is 11.1 Å². The molecule has 4 aromatic rings. The number of carboxylic acids is 1. The Morgan fingerprint density at radius 3 is 2.53 bits per heavy atom. The molecule has 9 heteroatoms. The zero-order chi connectivity index (χ0) is 26.5. The molecule has 5 rings (SSSR count). The molecule has 1 aliphatic heterocycles. The van der Waals surface area contributed by atoms with Gasteiger partial charge in [-0.25, -0.2) is 9.78 Å². The highest BCUT2D eigenvalue weighted by Crippen LogP contribution is 2.31. The number of ether oxygens (including phenoxy) is 3. The average Bonchev–Trinajstić information content (AvgIpc) is 3.59. The fourth-order valence-electron chi connectivity index (χ4n) is 4.40. The highest BCUT2D eigenvalue weighted by atomic mass is 16.5. The van der Waals surface area contributed by atoms with Gasteiger partial charge in [0.1, 0.15) is 36.3 Å². The topological polar surface area (TPSA) is 135 Å². The van der Waals surface area contributed by atoms with E-state index in [1.165, 1.54) is 0 Å². The summed E-state index contributed by atoms with van der Waals surface area (Å²) in [5.41, 5.74) is 2.11. The molecule has 2 heterocycles. The van der Waals surface area contributed by atoms with Gasteiger partial charge in [-0.3, -0.25) is 0 Å². The Balaban J connectivity index is 1.15. The lowest BCUT2D eigenvalue weighted by Gasteiger charge is -2.23. The number of hydrogen-bond donors (Lipinski definition) is 2. The number of nitrogens with zero attached hydrogens (tertiary/aromatic N) is 2. The van der Waals surface area contributed by atoms with E-state index in [9.17, 15) is 15.0 Å². The first-order chi connectivity index (χ1) is 18.4. The summed E-state index contributed by atoms with van der Waals surface area (Å²) in [6, 6.07) is 21.4. The quantitative estimate of drug-likeness (QED) is 0.316. The van der Waals surface area contributed by atoms with E-state index in [-0.39, 0.29) is 19.6 Å². The van der Waals surface area contributed by atoms with Crippen molar-refractivity contribution >= 4 is 17.1 Å². The number of rotatable bonds is 10. The second-order valence-corrected chi connectivity index (χ2v) is 9.19. The summed E-state index contributed by atoms with van der Waals surface area (Å²) in [6.07, 6.45) is 0.545. The molecule has 1 fully saturated rings. The van der Waals surface area contributed by atoms with Crippen molar-refractivity contribution in [3.63, 3.8) is 0 Å². The molecule has 9 nitrogen and oxygen atoms in total. The third kappa shape index (κ3) is 5.62. The van der Waals surface area contributed by atoms with Crippen molar-refractivity contribution in [2.45, 2.75) is 31.0 Å². The van der Waals surface area contributed by atoms with Crippen molar-refractivity contribution < 1.29 is 33.6 Å². The predicted molar refractivity (Wildman–Crippen MR) is 137 cm³/mol. The summed E-state index contributed by atoms with van der Waals surface area (Å²) in [5, 5.41) is 29.0. The third-order valence-corrected chi connectivity index (χ3v) is 6.39.